The van der Waals surface area contributed by atoms with Crippen LogP contribution in [-0.2, 0) is 4.79 Å². The first-order valence-electron chi connectivity index (χ1n) is 4.41. The summed E-state index contributed by atoms with van der Waals surface area (Å²) >= 11 is 5.73. The van der Waals surface area contributed by atoms with Gasteiger partial charge in [-0.3, -0.25) is 10.2 Å². The van der Waals surface area contributed by atoms with Gasteiger partial charge in [0.25, 0.3) is 5.91 Å². The van der Waals surface area contributed by atoms with Gasteiger partial charge in [-0.25, -0.2) is 10.6 Å². The number of benzene rings is 1. The first-order chi connectivity index (χ1) is 7.61. The Morgan fingerprint density at radius 3 is 2.75 bits per heavy atom. The highest BCUT2D eigenvalue weighted by molar-refractivity contribution is 6.30. The molecule has 16 heavy (non-hydrogen) atoms. The molecule has 7 heteroatoms. The van der Waals surface area contributed by atoms with E-state index in [1.807, 2.05) is 5.43 Å². The van der Waals surface area contributed by atoms with Crippen LogP contribution in [0.15, 0.2) is 24.3 Å². The molecule has 6 nitrogen and oxygen atoms in total. The van der Waals surface area contributed by atoms with Gasteiger partial charge in [0.2, 0.25) is 0 Å². The lowest BCUT2D eigenvalue weighted by molar-refractivity contribution is -0.120. The molecule has 0 saturated carbocycles. The lowest BCUT2D eigenvalue weighted by Crippen LogP contribution is -2.41. The number of hydrogen-bond donors (Lipinski definition) is 4. The molecule has 0 aromatic heterocycles. The first kappa shape index (κ1) is 12.3. The lowest BCUT2D eigenvalue weighted by Gasteiger charge is -2.06. The van der Waals surface area contributed by atoms with Gasteiger partial charge in [0, 0.05) is 10.7 Å². The second-order valence-electron chi connectivity index (χ2n) is 2.89. The van der Waals surface area contributed by atoms with Crippen molar-refractivity contribution in [3.05, 3.63) is 29.3 Å². The van der Waals surface area contributed by atoms with Gasteiger partial charge in [0.05, 0.1) is 6.54 Å². The fourth-order valence-corrected chi connectivity index (χ4v) is 1.14. The van der Waals surface area contributed by atoms with E-state index in [0.29, 0.717) is 10.7 Å². The van der Waals surface area contributed by atoms with Crippen molar-refractivity contribution < 1.29 is 9.59 Å². The quantitative estimate of drug-likeness (QED) is 0.352. The van der Waals surface area contributed by atoms with Crippen molar-refractivity contribution in [1.82, 2.24) is 10.7 Å². The number of carbonyl (C=O) groups is 2. The number of anilines is 1. The summed E-state index contributed by atoms with van der Waals surface area (Å²) in [5, 5.41) is 5.33. The number of halogens is 1. The maximum absolute atomic E-state index is 11.3. The molecule has 0 unspecified atom stereocenters. The molecule has 86 valence electrons. The van der Waals surface area contributed by atoms with Gasteiger partial charge in [-0.15, -0.1) is 0 Å². The summed E-state index contributed by atoms with van der Waals surface area (Å²) in [5.41, 5.74) is 2.43. The minimum Gasteiger partial charge on any atom is -0.329 e. The molecule has 1 aromatic rings. The molecule has 0 saturated heterocycles. The topological polar surface area (TPSA) is 96.2 Å². The van der Waals surface area contributed by atoms with Gasteiger partial charge >= 0.3 is 6.03 Å². The molecule has 0 radical (unpaired) electrons. The monoisotopic (exact) mass is 242 g/mol. The van der Waals surface area contributed by atoms with Crippen molar-refractivity contribution in [2.45, 2.75) is 0 Å². The smallest absolute Gasteiger partial charge is 0.319 e. The molecular formula is C9H11ClN4O2. The number of carbonyl (C=O) groups excluding carboxylic acids is 2. The van der Waals surface area contributed by atoms with E-state index in [1.54, 1.807) is 24.3 Å². The number of urea groups is 1. The van der Waals surface area contributed by atoms with E-state index in [4.69, 9.17) is 17.4 Å². The average Bonchev–Trinajstić information content (AvgIpc) is 2.26. The lowest BCUT2D eigenvalue weighted by atomic mass is 10.3. The van der Waals surface area contributed by atoms with Crippen molar-refractivity contribution in [2.24, 2.45) is 5.84 Å². The van der Waals surface area contributed by atoms with Crippen molar-refractivity contribution in [3.63, 3.8) is 0 Å². The standard InChI is InChI=1S/C9H11ClN4O2/c10-6-2-1-3-7(4-6)13-9(16)12-5-8(15)14-11/h1-4H,5,11H2,(H,14,15)(H2,12,13,16). The number of hydrazine groups is 1. The first-order valence-corrected chi connectivity index (χ1v) is 4.79. The highest BCUT2D eigenvalue weighted by atomic mass is 35.5. The molecule has 5 N–H and O–H groups in total. The van der Waals surface area contributed by atoms with Gasteiger partial charge < -0.3 is 10.6 Å². The largest absolute Gasteiger partial charge is 0.329 e. The van der Waals surface area contributed by atoms with E-state index in [0.717, 1.165) is 0 Å². The summed E-state index contributed by atoms with van der Waals surface area (Å²) in [5.74, 6) is 4.36. The molecule has 0 bridgehead atoms. The van der Waals surface area contributed by atoms with Gasteiger partial charge in [-0.2, -0.15) is 0 Å². The second-order valence-corrected chi connectivity index (χ2v) is 3.32. The van der Waals surface area contributed by atoms with Crippen LogP contribution in [0.2, 0.25) is 5.02 Å². The minimum atomic E-state index is -0.508. The average molecular weight is 243 g/mol. The molecule has 3 amide bonds. The summed E-state index contributed by atoms with van der Waals surface area (Å²) in [6.07, 6.45) is 0. The Morgan fingerprint density at radius 1 is 1.38 bits per heavy atom. The van der Waals surface area contributed by atoms with Crippen LogP contribution >= 0.6 is 11.6 Å². The van der Waals surface area contributed by atoms with E-state index in [-0.39, 0.29) is 6.54 Å². The maximum Gasteiger partial charge on any atom is 0.319 e. The van der Waals surface area contributed by atoms with Crippen LogP contribution in [0.25, 0.3) is 0 Å². The number of amides is 3. The third-order valence-corrected chi connectivity index (χ3v) is 1.89. The zero-order valence-corrected chi connectivity index (χ0v) is 9.04. The summed E-state index contributed by atoms with van der Waals surface area (Å²) in [6.45, 7) is -0.192. The number of rotatable bonds is 3. The fourth-order valence-electron chi connectivity index (χ4n) is 0.953. The zero-order valence-electron chi connectivity index (χ0n) is 8.29. The summed E-state index contributed by atoms with van der Waals surface area (Å²) in [6, 6.07) is 6.14. The van der Waals surface area contributed by atoms with E-state index in [1.165, 1.54) is 0 Å². The molecule has 0 atom stereocenters. The van der Waals surface area contributed by atoms with Gasteiger partial charge in [-0.1, -0.05) is 17.7 Å². The van der Waals surface area contributed by atoms with Crippen molar-refractivity contribution in [3.8, 4) is 0 Å². The Morgan fingerprint density at radius 2 is 2.12 bits per heavy atom. The number of hydrogen-bond acceptors (Lipinski definition) is 3. The van der Waals surface area contributed by atoms with Crippen molar-refractivity contribution in [1.29, 1.82) is 0 Å². The Hall–Kier alpha value is -1.79. The predicted octanol–water partition coefficient (Wildman–Crippen LogP) is 0.451. The second kappa shape index (κ2) is 5.94. The highest BCUT2D eigenvalue weighted by Gasteiger charge is 2.04. The Kier molecular flexibility index (Phi) is 4.56. The molecule has 0 heterocycles. The maximum atomic E-state index is 11.3. The minimum absolute atomic E-state index is 0.192. The van der Waals surface area contributed by atoms with Crippen molar-refractivity contribution >= 4 is 29.2 Å². The van der Waals surface area contributed by atoms with Gasteiger partial charge in [-0.05, 0) is 18.2 Å². The Balaban J connectivity index is 2.43. The van der Waals surface area contributed by atoms with Gasteiger partial charge in [0.1, 0.15) is 0 Å². The molecular weight excluding hydrogens is 232 g/mol. The van der Waals surface area contributed by atoms with Crippen LogP contribution in [0.3, 0.4) is 0 Å². The summed E-state index contributed by atoms with van der Waals surface area (Å²) < 4.78 is 0. The van der Waals surface area contributed by atoms with Crippen molar-refractivity contribution in [2.75, 3.05) is 11.9 Å². The van der Waals surface area contributed by atoms with Gasteiger partial charge in [0.15, 0.2) is 0 Å². The Labute approximate surface area is 97.1 Å². The van der Waals surface area contributed by atoms with Crippen LogP contribution in [0, 0.1) is 0 Å². The van der Waals surface area contributed by atoms with E-state index < -0.39 is 11.9 Å². The number of nitrogens with one attached hydrogen (secondary N) is 3. The third kappa shape index (κ3) is 4.16. The third-order valence-electron chi connectivity index (χ3n) is 1.65. The molecule has 0 spiro atoms. The molecule has 0 aliphatic heterocycles. The molecule has 1 aromatic carbocycles. The van der Waals surface area contributed by atoms with E-state index in [2.05, 4.69) is 10.6 Å². The highest BCUT2D eigenvalue weighted by Crippen LogP contribution is 2.14. The van der Waals surface area contributed by atoms with E-state index >= 15 is 0 Å². The summed E-state index contributed by atoms with van der Waals surface area (Å²) in [7, 11) is 0. The van der Waals surface area contributed by atoms with E-state index in [9.17, 15) is 9.59 Å². The number of nitrogens with two attached hydrogens (primary N) is 1. The normalized spacial score (nSPS) is 9.38. The molecule has 0 aliphatic rings. The van der Waals surface area contributed by atoms with Crippen LogP contribution in [0.4, 0.5) is 10.5 Å². The predicted molar refractivity (Wildman–Crippen MR) is 60.8 cm³/mol. The van der Waals surface area contributed by atoms with Crippen LogP contribution in [0.5, 0.6) is 0 Å². The molecule has 0 aliphatic carbocycles. The zero-order chi connectivity index (χ0) is 12.0. The summed E-state index contributed by atoms with van der Waals surface area (Å²) in [4.78, 5) is 22.0. The molecule has 1 rings (SSSR count). The van der Waals surface area contributed by atoms with Crippen LogP contribution in [-0.4, -0.2) is 18.5 Å². The van der Waals surface area contributed by atoms with Crippen LogP contribution < -0.4 is 21.9 Å². The SMILES string of the molecule is NNC(=O)CNC(=O)Nc1cccc(Cl)c1. The fraction of sp³-hybridized carbons (Fsp3) is 0.111. The Bertz CT molecular complexity index is 397. The van der Waals surface area contributed by atoms with Crippen LogP contribution in [0.1, 0.15) is 0 Å². The molecule has 0 fully saturated rings.